The fourth-order valence-electron chi connectivity index (χ4n) is 3.08. The molecule has 0 aliphatic carbocycles. The molecule has 1 aliphatic heterocycles. The zero-order chi connectivity index (χ0) is 18.1. The fourth-order valence-corrected chi connectivity index (χ4v) is 3.08. The van der Waals surface area contributed by atoms with E-state index < -0.39 is 17.5 Å². The second-order valence-corrected chi connectivity index (χ2v) is 6.15. The molecule has 4 rings (SSSR count). The quantitative estimate of drug-likeness (QED) is 0.673. The van der Waals surface area contributed by atoms with Gasteiger partial charge in [-0.2, -0.15) is 5.10 Å². The molecule has 1 aromatic heterocycles. The largest absolute Gasteiger partial charge is 0.367 e. The standard InChI is InChI=1S/C18H17F2N5O/c19-14-9-15(20)17(25-5-3-21-4-6-25)8-13(14)18(26)23-12-1-2-16-11(7-12)10-22-24-16/h1-2,7-10,21H,3-6H2,(H,22,24)(H,23,26). The second kappa shape index (κ2) is 6.72. The number of fused-ring (bicyclic) bond motifs is 1. The van der Waals surface area contributed by atoms with Crippen molar-refractivity contribution in [3.05, 3.63) is 53.7 Å². The van der Waals surface area contributed by atoms with Crippen molar-refractivity contribution in [1.82, 2.24) is 15.5 Å². The number of piperazine rings is 1. The summed E-state index contributed by atoms with van der Waals surface area (Å²) in [6.07, 6.45) is 1.63. The van der Waals surface area contributed by atoms with Crippen molar-refractivity contribution in [2.45, 2.75) is 0 Å². The van der Waals surface area contributed by atoms with Crippen molar-refractivity contribution in [2.75, 3.05) is 36.4 Å². The molecule has 0 unspecified atom stereocenters. The van der Waals surface area contributed by atoms with Gasteiger partial charge in [0.05, 0.1) is 23.0 Å². The third-order valence-corrected chi connectivity index (χ3v) is 4.44. The van der Waals surface area contributed by atoms with Gasteiger partial charge in [0, 0.05) is 43.3 Å². The summed E-state index contributed by atoms with van der Waals surface area (Å²) in [6, 6.07) is 7.24. The topological polar surface area (TPSA) is 73.0 Å². The minimum Gasteiger partial charge on any atom is -0.367 e. The Bertz CT molecular complexity index is 965. The number of rotatable bonds is 3. The van der Waals surface area contributed by atoms with Crippen LogP contribution in [-0.4, -0.2) is 42.3 Å². The smallest absolute Gasteiger partial charge is 0.258 e. The van der Waals surface area contributed by atoms with Gasteiger partial charge in [-0.15, -0.1) is 0 Å². The fraction of sp³-hybridized carbons (Fsp3) is 0.222. The van der Waals surface area contributed by atoms with Crippen LogP contribution in [0.25, 0.3) is 10.9 Å². The molecule has 1 saturated heterocycles. The Morgan fingerprint density at radius 3 is 2.73 bits per heavy atom. The van der Waals surface area contributed by atoms with E-state index in [1.54, 1.807) is 29.3 Å². The Kier molecular flexibility index (Phi) is 4.26. The molecule has 1 fully saturated rings. The van der Waals surface area contributed by atoms with Crippen LogP contribution in [0, 0.1) is 11.6 Å². The molecule has 0 atom stereocenters. The minimum absolute atomic E-state index is 0.188. The van der Waals surface area contributed by atoms with Crippen molar-refractivity contribution in [2.24, 2.45) is 0 Å². The molecular weight excluding hydrogens is 340 g/mol. The lowest BCUT2D eigenvalue weighted by Crippen LogP contribution is -2.44. The van der Waals surface area contributed by atoms with E-state index in [4.69, 9.17) is 0 Å². The lowest BCUT2D eigenvalue weighted by molar-refractivity contribution is 0.102. The van der Waals surface area contributed by atoms with Gasteiger partial charge in [-0.3, -0.25) is 9.89 Å². The first-order chi connectivity index (χ1) is 12.6. The number of H-pyrrole nitrogens is 1. The van der Waals surface area contributed by atoms with Gasteiger partial charge < -0.3 is 15.5 Å². The van der Waals surface area contributed by atoms with Gasteiger partial charge >= 0.3 is 0 Å². The highest BCUT2D eigenvalue weighted by molar-refractivity contribution is 6.05. The van der Waals surface area contributed by atoms with Crippen LogP contribution >= 0.6 is 0 Å². The summed E-state index contributed by atoms with van der Waals surface area (Å²) >= 11 is 0. The molecule has 26 heavy (non-hydrogen) atoms. The first-order valence-electron chi connectivity index (χ1n) is 8.31. The summed E-state index contributed by atoms with van der Waals surface area (Å²) in [5.74, 6) is -2.18. The Morgan fingerprint density at radius 1 is 1.12 bits per heavy atom. The highest BCUT2D eigenvalue weighted by Gasteiger charge is 2.21. The molecule has 6 nitrogen and oxygen atoms in total. The van der Waals surface area contributed by atoms with Crippen molar-refractivity contribution >= 4 is 28.2 Å². The molecule has 134 valence electrons. The lowest BCUT2D eigenvalue weighted by atomic mass is 10.1. The third kappa shape index (κ3) is 3.11. The van der Waals surface area contributed by atoms with Crippen LogP contribution in [0.15, 0.2) is 36.5 Å². The molecule has 3 N–H and O–H groups in total. The second-order valence-electron chi connectivity index (χ2n) is 6.15. The molecule has 1 aliphatic rings. The summed E-state index contributed by atoms with van der Waals surface area (Å²) in [5.41, 5.74) is 1.39. The van der Waals surface area contributed by atoms with E-state index in [2.05, 4.69) is 20.8 Å². The van der Waals surface area contributed by atoms with E-state index in [9.17, 15) is 13.6 Å². The average molecular weight is 357 g/mol. The molecule has 8 heteroatoms. The number of aromatic amines is 1. The highest BCUT2D eigenvalue weighted by Crippen LogP contribution is 2.25. The number of nitrogens with one attached hydrogen (secondary N) is 3. The summed E-state index contributed by atoms with van der Waals surface area (Å²) in [5, 5.41) is 13.4. The van der Waals surface area contributed by atoms with Crippen molar-refractivity contribution < 1.29 is 13.6 Å². The van der Waals surface area contributed by atoms with E-state index in [-0.39, 0.29) is 11.3 Å². The Labute approximate surface area is 148 Å². The van der Waals surface area contributed by atoms with Crippen molar-refractivity contribution in [3.63, 3.8) is 0 Å². The van der Waals surface area contributed by atoms with Crippen LogP contribution < -0.4 is 15.5 Å². The number of halogens is 2. The van der Waals surface area contributed by atoms with E-state index in [0.29, 0.717) is 31.9 Å². The van der Waals surface area contributed by atoms with Crippen LogP contribution in [0.4, 0.5) is 20.2 Å². The minimum atomic E-state index is -0.886. The number of benzene rings is 2. The predicted octanol–water partition coefficient (Wildman–Crippen LogP) is 2.50. The van der Waals surface area contributed by atoms with Crippen LogP contribution in [0.5, 0.6) is 0 Å². The predicted molar refractivity (Wildman–Crippen MR) is 95.5 cm³/mol. The number of nitrogens with zero attached hydrogens (tertiary/aromatic N) is 2. The Morgan fingerprint density at radius 2 is 1.92 bits per heavy atom. The summed E-state index contributed by atoms with van der Waals surface area (Å²) < 4.78 is 28.4. The summed E-state index contributed by atoms with van der Waals surface area (Å²) in [7, 11) is 0. The highest BCUT2D eigenvalue weighted by atomic mass is 19.1. The van der Waals surface area contributed by atoms with Crippen molar-refractivity contribution in [3.8, 4) is 0 Å². The Balaban J connectivity index is 1.61. The van der Waals surface area contributed by atoms with Crippen molar-refractivity contribution in [1.29, 1.82) is 0 Å². The number of amides is 1. The number of hydrogen-bond donors (Lipinski definition) is 3. The van der Waals surface area contributed by atoms with Gasteiger partial charge in [-0.1, -0.05) is 0 Å². The maximum absolute atomic E-state index is 14.2. The Hall–Kier alpha value is -3.00. The maximum Gasteiger partial charge on any atom is 0.258 e. The zero-order valence-corrected chi connectivity index (χ0v) is 13.9. The van der Waals surface area contributed by atoms with Gasteiger partial charge in [0.1, 0.15) is 11.6 Å². The molecular formula is C18H17F2N5O. The number of carbonyl (C=O) groups is 1. The number of hydrogen-bond acceptors (Lipinski definition) is 4. The van der Waals surface area contributed by atoms with Crippen LogP contribution in [0.1, 0.15) is 10.4 Å². The van der Waals surface area contributed by atoms with Crippen LogP contribution in [0.2, 0.25) is 0 Å². The SMILES string of the molecule is O=C(Nc1ccc2[nH]ncc2c1)c1cc(N2CCNCC2)c(F)cc1F. The third-order valence-electron chi connectivity index (χ3n) is 4.44. The zero-order valence-electron chi connectivity index (χ0n) is 13.9. The maximum atomic E-state index is 14.2. The van der Waals surface area contributed by atoms with E-state index >= 15 is 0 Å². The van der Waals surface area contributed by atoms with Crippen LogP contribution in [-0.2, 0) is 0 Å². The van der Waals surface area contributed by atoms with Gasteiger partial charge in [0.2, 0.25) is 0 Å². The molecule has 0 saturated carbocycles. The molecule has 3 aromatic rings. The first-order valence-corrected chi connectivity index (χ1v) is 8.31. The van der Waals surface area contributed by atoms with E-state index in [1.807, 2.05) is 0 Å². The normalized spacial score (nSPS) is 14.6. The average Bonchev–Trinajstić information content (AvgIpc) is 3.10. The summed E-state index contributed by atoms with van der Waals surface area (Å²) in [4.78, 5) is 14.3. The van der Waals surface area contributed by atoms with Gasteiger partial charge in [0.15, 0.2) is 0 Å². The molecule has 1 amide bonds. The van der Waals surface area contributed by atoms with Gasteiger partial charge in [-0.25, -0.2) is 8.78 Å². The van der Waals surface area contributed by atoms with Gasteiger partial charge in [-0.05, 0) is 24.3 Å². The monoisotopic (exact) mass is 357 g/mol. The molecule has 2 heterocycles. The van der Waals surface area contributed by atoms with Gasteiger partial charge in [0.25, 0.3) is 5.91 Å². The molecule has 2 aromatic carbocycles. The van der Waals surface area contributed by atoms with Crippen LogP contribution in [0.3, 0.4) is 0 Å². The first kappa shape index (κ1) is 16.5. The number of anilines is 2. The van der Waals surface area contributed by atoms with E-state index in [0.717, 1.165) is 17.0 Å². The molecule has 0 bridgehead atoms. The number of aromatic nitrogens is 2. The van der Waals surface area contributed by atoms with E-state index in [1.165, 1.54) is 6.07 Å². The molecule has 0 spiro atoms. The lowest BCUT2D eigenvalue weighted by Gasteiger charge is -2.30. The summed E-state index contributed by atoms with van der Waals surface area (Å²) in [6.45, 7) is 2.62. The molecule has 0 radical (unpaired) electrons. The number of carbonyl (C=O) groups excluding carboxylic acids is 1.